The van der Waals surface area contributed by atoms with Gasteiger partial charge in [0.25, 0.3) is 0 Å². The highest BCUT2D eigenvalue weighted by atomic mass is 35.5. The summed E-state index contributed by atoms with van der Waals surface area (Å²) in [5.41, 5.74) is 3.41. The molecule has 0 bridgehead atoms. The van der Waals surface area contributed by atoms with Crippen molar-refractivity contribution in [3.63, 3.8) is 0 Å². The second kappa shape index (κ2) is 5.17. The van der Waals surface area contributed by atoms with E-state index in [0.29, 0.717) is 22.6 Å². The van der Waals surface area contributed by atoms with Gasteiger partial charge < -0.3 is 5.11 Å². The number of aromatic nitrogens is 2. The number of phenolic OH excluding ortho intramolecular Hbond substituents is 1. The van der Waals surface area contributed by atoms with E-state index in [9.17, 15) is 5.11 Å². The molecule has 0 radical (unpaired) electrons. The van der Waals surface area contributed by atoms with Gasteiger partial charge in [0.2, 0.25) is 0 Å². The number of aryl methyl sites for hydroxylation is 2. The maximum absolute atomic E-state index is 9.81. The van der Waals surface area contributed by atoms with E-state index in [0.717, 1.165) is 22.4 Å². The van der Waals surface area contributed by atoms with Gasteiger partial charge in [-0.05, 0) is 49.1 Å². The molecule has 0 saturated carbocycles. The Balaban J connectivity index is 2.59. The number of rotatable bonds is 2. The third-order valence-corrected chi connectivity index (χ3v) is 3.25. The van der Waals surface area contributed by atoms with Crippen LogP contribution in [-0.2, 0) is 0 Å². The standard InChI is InChI=1S/C15H17ClN2O/c1-8(2)12-7-13(16)18-15(17-12)11-5-9(3)14(19)10(4)6-11/h5-8,19H,1-4H3. The van der Waals surface area contributed by atoms with Crippen LogP contribution in [0.25, 0.3) is 11.4 Å². The first-order valence-corrected chi connectivity index (χ1v) is 6.61. The number of halogens is 1. The molecule has 1 aromatic heterocycles. The fourth-order valence-corrected chi connectivity index (χ4v) is 2.14. The molecule has 0 aliphatic heterocycles. The van der Waals surface area contributed by atoms with Gasteiger partial charge in [-0.1, -0.05) is 25.4 Å². The molecule has 2 aromatic rings. The Morgan fingerprint density at radius 2 is 1.63 bits per heavy atom. The van der Waals surface area contributed by atoms with Gasteiger partial charge in [-0.3, -0.25) is 0 Å². The van der Waals surface area contributed by atoms with Crippen molar-refractivity contribution in [3.05, 3.63) is 40.2 Å². The van der Waals surface area contributed by atoms with E-state index in [1.807, 2.05) is 26.0 Å². The minimum Gasteiger partial charge on any atom is -0.507 e. The summed E-state index contributed by atoms with van der Waals surface area (Å²) in [5.74, 6) is 1.20. The molecule has 0 saturated heterocycles. The van der Waals surface area contributed by atoms with E-state index in [-0.39, 0.29) is 0 Å². The lowest BCUT2D eigenvalue weighted by Crippen LogP contribution is -1.98. The molecule has 1 heterocycles. The van der Waals surface area contributed by atoms with Crippen LogP contribution in [0.2, 0.25) is 5.15 Å². The summed E-state index contributed by atoms with van der Waals surface area (Å²) in [7, 11) is 0. The van der Waals surface area contributed by atoms with Crippen LogP contribution >= 0.6 is 11.6 Å². The number of phenols is 1. The molecule has 0 unspecified atom stereocenters. The number of nitrogens with zero attached hydrogens (tertiary/aromatic N) is 2. The Morgan fingerprint density at radius 1 is 1.05 bits per heavy atom. The Labute approximate surface area is 118 Å². The molecule has 0 spiro atoms. The molecule has 100 valence electrons. The van der Waals surface area contributed by atoms with Crippen molar-refractivity contribution in [1.29, 1.82) is 0 Å². The summed E-state index contributed by atoms with van der Waals surface area (Å²) in [4.78, 5) is 8.81. The third kappa shape index (κ3) is 2.87. The molecule has 0 aliphatic rings. The molecule has 4 heteroatoms. The van der Waals surface area contributed by atoms with Crippen LogP contribution in [0.15, 0.2) is 18.2 Å². The zero-order valence-electron chi connectivity index (χ0n) is 11.5. The summed E-state index contributed by atoms with van der Waals surface area (Å²) in [6.45, 7) is 7.85. The second-order valence-electron chi connectivity index (χ2n) is 5.05. The van der Waals surface area contributed by atoms with Crippen LogP contribution in [0.4, 0.5) is 0 Å². The normalized spacial score (nSPS) is 11.1. The number of hydrogen-bond acceptors (Lipinski definition) is 3. The maximum Gasteiger partial charge on any atom is 0.161 e. The van der Waals surface area contributed by atoms with Crippen LogP contribution in [0.3, 0.4) is 0 Å². The van der Waals surface area contributed by atoms with Gasteiger partial charge in [-0.2, -0.15) is 0 Å². The molecule has 0 aliphatic carbocycles. The average molecular weight is 277 g/mol. The Morgan fingerprint density at radius 3 is 2.16 bits per heavy atom. The lowest BCUT2D eigenvalue weighted by atomic mass is 10.0. The van der Waals surface area contributed by atoms with E-state index >= 15 is 0 Å². The quantitative estimate of drug-likeness (QED) is 0.835. The topological polar surface area (TPSA) is 46.0 Å². The molecule has 19 heavy (non-hydrogen) atoms. The minimum absolute atomic E-state index is 0.290. The summed E-state index contributed by atoms with van der Waals surface area (Å²) in [5, 5.41) is 10.2. The monoisotopic (exact) mass is 276 g/mol. The van der Waals surface area contributed by atoms with Gasteiger partial charge in [-0.25, -0.2) is 9.97 Å². The Bertz CT molecular complexity index is 601. The minimum atomic E-state index is 0.290. The van der Waals surface area contributed by atoms with E-state index in [2.05, 4.69) is 23.8 Å². The average Bonchev–Trinajstić information content (AvgIpc) is 2.34. The van der Waals surface area contributed by atoms with Crippen molar-refractivity contribution in [2.24, 2.45) is 0 Å². The maximum atomic E-state index is 9.81. The molecule has 1 aromatic carbocycles. The van der Waals surface area contributed by atoms with Crippen molar-refractivity contribution in [2.75, 3.05) is 0 Å². The summed E-state index contributed by atoms with van der Waals surface area (Å²) < 4.78 is 0. The van der Waals surface area contributed by atoms with Crippen molar-refractivity contribution in [2.45, 2.75) is 33.6 Å². The van der Waals surface area contributed by atoms with Crippen LogP contribution in [0.5, 0.6) is 5.75 Å². The number of hydrogen-bond donors (Lipinski definition) is 1. The fourth-order valence-electron chi connectivity index (χ4n) is 1.94. The van der Waals surface area contributed by atoms with Crippen LogP contribution in [-0.4, -0.2) is 15.1 Å². The highest BCUT2D eigenvalue weighted by Crippen LogP contribution is 2.28. The van der Waals surface area contributed by atoms with Crippen LogP contribution in [0, 0.1) is 13.8 Å². The molecular formula is C15H17ClN2O. The van der Waals surface area contributed by atoms with E-state index in [4.69, 9.17) is 11.6 Å². The van der Waals surface area contributed by atoms with Gasteiger partial charge in [0, 0.05) is 11.3 Å². The predicted molar refractivity (Wildman–Crippen MR) is 77.7 cm³/mol. The summed E-state index contributed by atoms with van der Waals surface area (Å²) >= 11 is 6.05. The van der Waals surface area contributed by atoms with Gasteiger partial charge in [0.15, 0.2) is 5.82 Å². The first kappa shape index (κ1) is 13.8. The van der Waals surface area contributed by atoms with Crippen LogP contribution in [0.1, 0.15) is 36.6 Å². The summed E-state index contributed by atoms with van der Waals surface area (Å²) in [6.07, 6.45) is 0. The Hall–Kier alpha value is -1.61. The molecule has 0 amide bonds. The first-order valence-electron chi connectivity index (χ1n) is 6.23. The van der Waals surface area contributed by atoms with E-state index in [1.165, 1.54) is 0 Å². The lowest BCUT2D eigenvalue weighted by Gasteiger charge is -2.10. The molecular weight excluding hydrogens is 260 g/mol. The van der Waals surface area contributed by atoms with Crippen molar-refractivity contribution in [1.82, 2.24) is 9.97 Å². The zero-order chi connectivity index (χ0) is 14.2. The van der Waals surface area contributed by atoms with E-state index < -0.39 is 0 Å². The second-order valence-corrected chi connectivity index (χ2v) is 5.44. The summed E-state index contributed by atoms with van der Waals surface area (Å²) in [6, 6.07) is 5.53. The van der Waals surface area contributed by atoms with Crippen molar-refractivity contribution < 1.29 is 5.11 Å². The number of benzene rings is 1. The van der Waals surface area contributed by atoms with Gasteiger partial charge in [-0.15, -0.1) is 0 Å². The lowest BCUT2D eigenvalue weighted by molar-refractivity contribution is 0.467. The first-order chi connectivity index (χ1) is 8.88. The molecule has 0 fully saturated rings. The van der Waals surface area contributed by atoms with Crippen LogP contribution < -0.4 is 0 Å². The highest BCUT2D eigenvalue weighted by molar-refractivity contribution is 6.29. The third-order valence-electron chi connectivity index (χ3n) is 3.06. The van der Waals surface area contributed by atoms with Crippen molar-refractivity contribution in [3.8, 4) is 17.1 Å². The fraction of sp³-hybridized carbons (Fsp3) is 0.333. The molecule has 3 nitrogen and oxygen atoms in total. The number of aromatic hydroxyl groups is 1. The molecule has 2 rings (SSSR count). The van der Waals surface area contributed by atoms with Gasteiger partial charge in [0.05, 0.1) is 0 Å². The van der Waals surface area contributed by atoms with Gasteiger partial charge >= 0.3 is 0 Å². The molecule has 0 atom stereocenters. The zero-order valence-corrected chi connectivity index (χ0v) is 12.3. The molecule has 1 N–H and O–H groups in total. The Kier molecular flexibility index (Phi) is 3.76. The smallest absolute Gasteiger partial charge is 0.161 e. The van der Waals surface area contributed by atoms with E-state index in [1.54, 1.807) is 6.07 Å². The highest BCUT2D eigenvalue weighted by Gasteiger charge is 2.11. The largest absolute Gasteiger partial charge is 0.507 e. The predicted octanol–water partition coefficient (Wildman–Crippen LogP) is 4.24. The van der Waals surface area contributed by atoms with Gasteiger partial charge in [0.1, 0.15) is 10.9 Å². The SMILES string of the molecule is Cc1cc(-c2nc(Cl)cc(C(C)C)n2)cc(C)c1O. The van der Waals surface area contributed by atoms with Crippen molar-refractivity contribution >= 4 is 11.6 Å².